The summed E-state index contributed by atoms with van der Waals surface area (Å²) in [6.45, 7) is 2.01. The maximum atomic E-state index is 11.7. The van der Waals surface area contributed by atoms with Gasteiger partial charge in [0.2, 0.25) is 0 Å². The summed E-state index contributed by atoms with van der Waals surface area (Å²) < 4.78 is 0.968. The quantitative estimate of drug-likeness (QED) is 0.847. The third kappa shape index (κ3) is 4.36. The molecule has 0 aliphatic rings. The minimum atomic E-state index is 0.104. The van der Waals surface area contributed by atoms with Crippen LogP contribution in [0.3, 0.4) is 0 Å². The number of carbonyl (C=O) groups excluding carboxylic acids is 1. The van der Waals surface area contributed by atoms with Crippen LogP contribution in [0.2, 0.25) is 0 Å². The van der Waals surface area contributed by atoms with Gasteiger partial charge in [-0.2, -0.15) is 0 Å². The Morgan fingerprint density at radius 1 is 1.47 bits per heavy atom. The van der Waals surface area contributed by atoms with Crippen molar-refractivity contribution in [3.63, 3.8) is 0 Å². The highest BCUT2D eigenvalue weighted by Gasteiger charge is 2.08. The Morgan fingerprint density at radius 2 is 2.07 bits per heavy atom. The Hall–Kier alpha value is -0.320. The van der Waals surface area contributed by atoms with Gasteiger partial charge in [-0.05, 0) is 12.1 Å². The largest absolute Gasteiger partial charge is 0.395 e. The number of aliphatic hydroxyl groups excluding tert-OH is 1. The van der Waals surface area contributed by atoms with Crippen molar-refractivity contribution in [1.29, 1.82) is 0 Å². The van der Waals surface area contributed by atoms with Crippen molar-refractivity contribution >= 4 is 33.5 Å². The molecule has 1 unspecified atom stereocenters. The number of hydrogen-bond acceptors (Lipinski definition) is 3. The first kappa shape index (κ1) is 12.7. The smallest absolute Gasteiger partial charge is 0.172 e. The van der Waals surface area contributed by atoms with Crippen LogP contribution in [0.25, 0.3) is 0 Å². The molecule has 0 aliphatic carbocycles. The molecule has 0 saturated carbocycles. The number of aliphatic hydroxyl groups is 1. The van der Waals surface area contributed by atoms with E-state index in [-0.39, 0.29) is 17.6 Å². The van der Waals surface area contributed by atoms with Crippen LogP contribution in [0.15, 0.2) is 28.7 Å². The molecule has 0 aliphatic heterocycles. The molecular formula is C11H13BrO2S. The Balaban J connectivity index is 2.50. The van der Waals surface area contributed by atoms with Crippen molar-refractivity contribution in [2.75, 3.05) is 12.4 Å². The fourth-order valence-electron chi connectivity index (χ4n) is 0.990. The van der Waals surface area contributed by atoms with E-state index in [0.717, 1.165) is 10.0 Å². The molecule has 0 aromatic heterocycles. The number of thioether (sulfide) groups is 1. The van der Waals surface area contributed by atoms with E-state index in [4.69, 9.17) is 5.11 Å². The molecule has 1 aromatic carbocycles. The summed E-state index contributed by atoms with van der Waals surface area (Å²) in [4.78, 5) is 11.7. The molecular weight excluding hydrogens is 276 g/mol. The fourth-order valence-corrected chi connectivity index (χ4v) is 1.96. The first-order valence-corrected chi connectivity index (χ1v) is 6.49. The number of hydrogen-bond donors (Lipinski definition) is 1. The second-order valence-electron chi connectivity index (χ2n) is 3.23. The molecule has 0 spiro atoms. The molecule has 0 bridgehead atoms. The van der Waals surface area contributed by atoms with Gasteiger partial charge in [0, 0.05) is 15.3 Å². The van der Waals surface area contributed by atoms with Crippen LogP contribution in [0.5, 0.6) is 0 Å². The average molecular weight is 289 g/mol. The summed E-state index contributed by atoms with van der Waals surface area (Å²) in [7, 11) is 0. The minimum absolute atomic E-state index is 0.104. The van der Waals surface area contributed by atoms with Crippen LogP contribution in [-0.2, 0) is 0 Å². The molecule has 82 valence electrons. The van der Waals surface area contributed by atoms with Crippen molar-refractivity contribution in [3.05, 3.63) is 34.3 Å². The van der Waals surface area contributed by atoms with Gasteiger partial charge >= 0.3 is 0 Å². The van der Waals surface area contributed by atoms with E-state index in [1.54, 1.807) is 12.1 Å². The summed E-state index contributed by atoms with van der Waals surface area (Å²) in [6, 6.07) is 7.31. The van der Waals surface area contributed by atoms with E-state index in [0.29, 0.717) is 5.75 Å². The molecule has 0 fully saturated rings. The number of carbonyl (C=O) groups is 1. The predicted molar refractivity (Wildman–Crippen MR) is 67.5 cm³/mol. The van der Waals surface area contributed by atoms with Gasteiger partial charge in [0.25, 0.3) is 0 Å². The van der Waals surface area contributed by atoms with Crippen molar-refractivity contribution in [3.8, 4) is 0 Å². The Bertz CT molecular complexity index is 324. The molecule has 2 nitrogen and oxygen atoms in total. The number of benzene rings is 1. The third-order valence-corrected chi connectivity index (χ3v) is 3.60. The van der Waals surface area contributed by atoms with Crippen molar-refractivity contribution < 1.29 is 9.90 Å². The van der Waals surface area contributed by atoms with E-state index in [1.807, 2.05) is 19.1 Å². The lowest BCUT2D eigenvalue weighted by Gasteiger charge is -2.06. The summed E-state index contributed by atoms with van der Waals surface area (Å²) in [5.41, 5.74) is 0.718. The van der Waals surface area contributed by atoms with Gasteiger partial charge in [-0.3, -0.25) is 4.79 Å². The predicted octanol–water partition coefficient (Wildman–Crippen LogP) is 2.75. The van der Waals surface area contributed by atoms with E-state index in [1.165, 1.54) is 11.8 Å². The van der Waals surface area contributed by atoms with Crippen LogP contribution in [0, 0.1) is 0 Å². The molecule has 0 saturated heterocycles. The van der Waals surface area contributed by atoms with Crippen molar-refractivity contribution in [1.82, 2.24) is 0 Å². The standard InChI is InChI=1S/C11H13BrO2S/c1-8(6-13)15-7-11(14)9-2-4-10(12)5-3-9/h2-5,8,13H,6-7H2,1H3. The molecule has 0 heterocycles. The molecule has 1 atom stereocenters. The van der Waals surface area contributed by atoms with E-state index < -0.39 is 0 Å². The van der Waals surface area contributed by atoms with E-state index >= 15 is 0 Å². The molecule has 15 heavy (non-hydrogen) atoms. The van der Waals surface area contributed by atoms with Crippen LogP contribution in [0.4, 0.5) is 0 Å². The second kappa shape index (κ2) is 6.30. The van der Waals surface area contributed by atoms with Crippen molar-refractivity contribution in [2.24, 2.45) is 0 Å². The zero-order chi connectivity index (χ0) is 11.3. The van der Waals surface area contributed by atoms with Gasteiger partial charge in [-0.15, -0.1) is 11.8 Å². The van der Waals surface area contributed by atoms with Crippen LogP contribution in [0.1, 0.15) is 17.3 Å². The molecule has 1 aromatic rings. The SMILES string of the molecule is CC(CO)SCC(=O)c1ccc(Br)cc1. The molecule has 1 rings (SSSR count). The van der Waals surface area contributed by atoms with Gasteiger partial charge in [0.15, 0.2) is 5.78 Å². The zero-order valence-corrected chi connectivity index (χ0v) is 10.8. The highest BCUT2D eigenvalue weighted by Crippen LogP contribution is 2.15. The fraction of sp³-hybridized carbons (Fsp3) is 0.364. The van der Waals surface area contributed by atoms with Crippen LogP contribution < -0.4 is 0 Å². The minimum Gasteiger partial charge on any atom is -0.395 e. The second-order valence-corrected chi connectivity index (χ2v) is 5.58. The molecule has 0 amide bonds. The van der Waals surface area contributed by atoms with Gasteiger partial charge < -0.3 is 5.11 Å². The molecule has 0 radical (unpaired) electrons. The number of Topliss-reactive ketones (excluding diaryl/α,β-unsaturated/α-hetero) is 1. The normalized spacial score (nSPS) is 12.5. The van der Waals surface area contributed by atoms with Gasteiger partial charge in [0.1, 0.15) is 0 Å². The van der Waals surface area contributed by atoms with E-state index in [2.05, 4.69) is 15.9 Å². The topological polar surface area (TPSA) is 37.3 Å². The lowest BCUT2D eigenvalue weighted by atomic mass is 10.2. The van der Waals surface area contributed by atoms with Gasteiger partial charge in [-0.25, -0.2) is 0 Å². The van der Waals surface area contributed by atoms with Crippen molar-refractivity contribution in [2.45, 2.75) is 12.2 Å². The zero-order valence-electron chi connectivity index (χ0n) is 8.44. The number of halogens is 1. The number of rotatable bonds is 5. The maximum Gasteiger partial charge on any atom is 0.172 e. The molecule has 1 N–H and O–H groups in total. The first-order chi connectivity index (χ1) is 7.13. The monoisotopic (exact) mass is 288 g/mol. The maximum absolute atomic E-state index is 11.7. The summed E-state index contributed by atoms with van der Waals surface area (Å²) in [5, 5.41) is 8.93. The molecule has 4 heteroatoms. The third-order valence-electron chi connectivity index (χ3n) is 1.92. The highest BCUT2D eigenvalue weighted by molar-refractivity contribution is 9.10. The Kier molecular flexibility index (Phi) is 5.36. The summed E-state index contributed by atoms with van der Waals surface area (Å²) in [6.07, 6.45) is 0. The average Bonchev–Trinajstić information content (AvgIpc) is 2.26. The lowest BCUT2D eigenvalue weighted by Crippen LogP contribution is -2.09. The van der Waals surface area contributed by atoms with Gasteiger partial charge in [0.05, 0.1) is 12.4 Å². The van der Waals surface area contributed by atoms with Crippen LogP contribution in [-0.4, -0.2) is 28.5 Å². The summed E-state index contributed by atoms with van der Waals surface area (Å²) in [5.74, 6) is 0.524. The van der Waals surface area contributed by atoms with Crippen LogP contribution >= 0.6 is 27.7 Å². The Labute approximate surface area is 102 Å². The van der Waals surface area contributed by atoms with E-state index in [9.17, 15) is 4.79 Å². The number of ketones is 1. The first-order valence-electron chi connectivity index (χ1n) is 4.64. The lowest BCUT2D eigenvalue weighted by molar-refractivity contribution is 0.102. The van der Waals surface area contributed by atoms with Gasteiger partial charge in [-0.1, -0.05) is 35.0 Å². The Morgan fingerprint density at radius 3 is 2.60 bits per heavy atom. The highest BCUT2D eigenvalue weighted by atomic mass is 79.9. The summed E-state index contributed by atoms with van der Waals surface area (Å²) >= 11 is 4.79.